The third-order valence-electron chi connectivity index (χ3n) is 11.7. The zero-order valence-electron chi connectivity index (χ0n) is 29.3. The summed E-state index contributed by atoms with van der Waals surface area (Å²) in [6.45, 7) is 4.50. The smallest absolute Gasteiger partial charge is 0.166 e. The van der Waals surface area contributed by atoms with Crippen LogP contribution in [0.5, 0.6) is 0 Å². The highest BCUT2D eigenvalue weighted by molar-refractivity contribution is 5.71. The standard InChI is InChI=1S/C44H59F3/c1-3-5-7-8-9-10-12-14-38-27-30-41(44(47)43(38)46)37-25-21-35(22-26-37)39-28-29-40(42(45)31-39)36-23-19-34(20-24-36)33-17-15-32(16-18-33)13-11-6-4-2/h21-22,25-34,36H,3-20,23-24H2,1-2H3. The monoisotopic (exact) mass is 644 g/mol. The van der Waals surface area contributed by atoms with Crippen LogP contribution in [0.3, 0.4) is 0 Å². The number of rotatable bonds is 16. The van der Waals surface area contributed by atoms with Crippen LogP contribution in [-0.2, 0) is 6.42 Å². The summed E-state index contributed by atoms with van der Waals surface area (Å²) in [6, 6.07) is 16.5. The van der Waals surface area contributed by atoms with E-state index >= 15 is 8.78 Å². The minimum absolute atomic E-state index is 0.118. The first-order valence-electron chi connectivity index (χ1n) is 19.4. The summed E-state index contributed by atoms with van der Waals surface area (Å²) in [5, 5.41) is 0. The van der Waals surface area contributed by atoms with Crippen molar-refractivity contribution in [3.63, 3.8) is 0 Å². The van der Waals surface area contributed by atoms with Crippen molar-refractivity contribution >= 4 is 0 Å². The number of halogens is 3. The lowest BCUT2D eigenvalue weighted by Gasteiger charge is -2.38. The number of benzene rings is 3. The highest BCUT2D eigenvalue weighted by Gasteiger charge is 2.32. The fourth-order valence-corrected chi connectivity index (χ4v) is 8.69. The Hall–Kier alpha value is -2.55. The summed E-state index contributed by atoms with van der Waals surface area (Å²) in [6.07, 6.45) is 24.4. The van der Waals surface area contributed by atoms with Crippen LogP contribution in [-0.4, -0.2) is 0 Å². The number of hydrogen-bond donors (Lipinski definition) is 0. The lowest BCUT2D eigenvalue weighted by atomic mass is 9.68. The molecule has 47 heavy (non-hydrogen) atoms. The normalized spacial score (nSPS) is 21.6. The van der Waals surface area contributed by atoms with E-state index in [-0.39, 0.29) is 11.4 Å². The summed E-state index contributed by atoms with van der Waals surface area (Å²) >= 11 is 0. The average molecular weight is 645 g/mol. The zero-order chi connectivity index (χ0) is 33.0. The SMILES string of the molecule is CCCCCCCCCc1ccc(-c2ccc(-c3ccc(C4CCC(C5CCC(CCCCC)CC5)CC4)c(F)c3)cc2)c(F)c1F. The predicted octanol–water partition coefficient (Wildman–Crippen LogP) is 14.4. The van der Waals surface area contributed by atoms with Gasteiger partial charge in [-0.15, -0.1) is 0 Å². The van der Waals surface area contributed by atoms with Crippen LogP contribution >= 0.6 is 0 Å². The molecule has 0 saturated heterocycles. The molecular weight excluding hydrogens is 585 g/mol. The van der Waals surface area contributed by atoms with Gasteiger partial charge < -0.3 is 0 Å². The van der Waals surface area contributed by atoms with E-state index in [1.807, 2.05) is 36.4 Å². The Morgan fingerprint density at radius 2 is 1.11 bits per heavy atom. The van der Waals surface area contributed by atoms with Crippen LogP contribution in [0.15, 0.2) is 54.6 Å². The molecule has 0 aromatic heterocycles. The molecule has 2 aliphatic rings. The van der Waals surface area contributed by atoms with Gasteiger partial charge in [-0.1, -0.05) is 139 Å². The molecule has 0 heterocycles. The molecule has 0 aliphatic heterocycles. The van der Waals surface area contributed by atoms with Crippen LogP contribution in [0.4, 0.5) is 13.2 Å². The molecule has 3 aromatic rings. The summed E-state index contributed by atoms with van der Waals surface area (Å²) < 4.78 is 45.6. The zero-order valence-corrected chi connectivity index (χ0v) is 29.3. The third-order valence-corrected chi connectivity index (χ3v) is 11.7. The van der Waals surface area contributed by atoms with Gasteiger partial charge in [0.25, 0.3) is 0 Å². The second-order valence-corrected chi connectivity index (χ2v) is 15.0. The van der Waals surface area contributed by atoms with E-state index < -0.39 is 11.6 Å². The second-order valence-electron chi connectivity index (χ2n) is 15.0. The summed E-state index contributed by atoms with van der Waals surface area (Å²) in [4.78, 5) is 0. The van der Waals surface area contributed by atoms with Gasteiger partial charge >= 0.3 is 0 Å². The van der Waals surface area contributed by atoms with Crippen molar-refractivity contribution in [1.82, 2.24) is 0 Å². The Morgan fingerprint density at radius 3 is 1.77 bits per heavy atom. The van der Waals surface area contributed by atoms with E-state index in [0.29, 0.717) is 23.5 Å². The summed E-state index contributed by atoms with van der Waals surface area (Å²) in [7, 11) is 0. The molecule has 0 atom stereocenters. The van der Waals surface area contributed by atoms with Gasteiger partial charge in [0.2, 0.25) is 0 Å². The molecule has 0 amide bonds. The Morgan fingerprint density at radius 1 is 0.532 bits per heavy atom. The van der Waals surface area contributed by atoms with E-state index in [1.165, 1.54) is 89.9 Å². The second kappa shape index (κ2) is 18.3. The topological polar surface area (TPSA) is 0 Å². The van der Waals surface area contributed by atoms with Gasteiger partial charge in [-0.2, -0.15) is 0 Å². The van der Waals surface area contributed by atoms with Crippen molar-refractivity contribution in [3.8, 4) is 22.3 Å². The van der Waals surface area contributed by atoms with E-state index in [4.69, 9.17) is 0 Å². The molecule has 2 saturated carbocycles. The van der Waals surface area contributed by atoms with Gasteiger partial charge in [0.15, 0.2) is 11.6 Å². The van der Waals surface area contributed by atoms with Crippen molar-refractivity contribution in [2.45, 2.75) is 148 Å². The predicted molar refractivity (Wildman–Crippen MR) is 193 cm³/mol. The van der Waals surface area contributed by atoms with Gasteiger partial charge in [-0.05, 0) is 109 Å². The highest BCUT2D eigenvalue weighted by atomic mass is 19.2. The van der Waals surface area contributed by atoms with Gasteiger partial charge in [-0.3, -0.25) is 0 Å². The summed E-state index contributed by atoms with van der Waals surface area (Å²) in [5.74, 6) is 1.34. The maximum atomic E-state index is 15.5. The van der Waals surface area contributed by atoms with E-state index in [1.54, 1.807) is 18.2 Å². The fourth-order valence-electron chi connectivity index (χ4n) is 8.69. The average Bonchev–Trinajstić information content (AvgIpc) is 3.10. The fraction of sp³-hybridized carbons (Fsp3) is 0.591. The van der Waals surface area contributed by atoms with E-state index in [0.717, 1.165) is 66.5 Å². The van der Waals surface area contributed by atoms with Crippen LogP contribution in [0.25, 0.3) is 22.3 Å². The van der Waals surface area contributed by atoms with Crippen molar-refractivity contribution < 1.29 is 13.2 Å². The molecule has 0 bridgehead atoms. The lowest BCUT2D eigenvalue weighted by Crippen LogP contribution is -2.25. The largest absolute Gasteiger partial charge is 0.207 e. The molecule has 256 valence electrons. The van der Waals surface area contributed by atoms with Gasteiger partial charge in [0.1, 0.15) is 5.82 Å². The third kappa shape index (κ3) is 9.76. The molecular formula is C44H59F3. The van der Waals surface area contributed by atoms with Gasteiger partial charge in [0.05, 0.1) is 0 Å². The Bertz CT molecular complexity index is 1360. The Labute approximate surface area is 284 Å². The van der Waals surface area contributed by atoms with Crippen LogP contribution in [0.2, 0.25) is 0 Å². The molecule has 2 fully saturated rings. The van der Waals surface area contributed by atoms with Crippen LogP contribution in [0.1, 0.15) is 153 Å². The molecule has 0 nitrogen and oxygen atoms in total. The van der Waals surface area contributed by atoms with Crippen LogP contribution < -0.4 is 0 Å². The molecule has 5 rings (SSSR count). The molecule has 2 aliphatic carbocycles. The molecule has 0 unspecified atom stereocenters. The first kappa shape index (κ1) is 35.7. The lowest BCUT2D eigenvalue weighted by molar-refractivity contribution is 0.155. The van der Waals surface area contributed by atoms with Crippen molar-refractivity contribution in [3.05, 3.63) is 83.2 Å². The Kier molecular flexibility index (Phi) is 13.9. The highest BCUT2D eigenvalue weighted by Crippen LogP contribution is 2.45. The first-order chi connectivity index (χ1) is 23.0. The van der Waals surface area contributed by atoms with Gasteiger partial charge in [0, 0.05) is 5.56 Å². The minimum Gasteiger partial charge on any atom is -0.207 e. The molecule has 3 aromatic carbocycles. The number of aryl methyl sites for hydroxylation is 1. The number of unbranched alkanes of at least 4 members (excludes halogenated alkanes) is 8. The maximum absolute atomic E-state index is 15.5. The van der Waals surface area contributed by atoms with Crippen molar-refractivity contribution in [2.24, 2.45) is 17.8 Å². The Balaban J connectivity index is 1.12. The molecule has 0 N–H and O–H groups in total. The molecule has 0 radical (unpaired) electrons. The quantitative estimate of drug-likeness (QED) is 0.136. The van der Waals surface area contributed by atoms with Crippen molar-refractivity contribution in [1.29, 1.82) is 0 Å². The van der Waals surface area contributed by atoms with Gasteiger partial charge in [-0.25, -0.2) is 13.2 Å². The molecule has 3 heteroatoms. The van der Waals surface area contributed by atoms with E-state index in [2.05, 4.69) is 13.8 Å². The van der Waals surface area contributed by atoms with Crippen LogP contribution in [0, 0.1) is 35.2 Å². The maximum Gasteiger partial charge on any atom is 0.166 e. The van der Waals surface area contributed by atoms with Crippen molar-refractivity contribution in [2.75, 3.05) is 0 Å². The minimum atomic E-state index is -0.779. The summed E-state index contributed by atoms with van der Waals surface area (Å²) in [5.41, 5.74) is 3.92. The first-order valence-corrected chi connectivity index (χ1v) is 19.4. The number of hydrogen-bond acceptors (Lipinski definition) is 0. The molecule has 0 spiro atoms. The van der Waals surface area contributed by atoms with E-state index in [9.17, 15) is 4.39 Å².